The van der Waals surface area contributed by atoms with Crippen LogP contribution in [0.2, 0.25) is 0 Å². The average Bonchev–Trinajstić information content (AvgIpc) is 2.61. The Bertz CT molecular complexity index is 797. The fourth-order valence-electron chi connectivity index (χ4n) is 2.16. The number of sulfone groups is 1. The van der Waals surface area contributed by atoms with Gasteiger partial charge >= 0.3 is 0 Å². The third kappa shape index (κ3) is 7.63. The maximum Gasteiger partial charge on any atom is 0.191 e. The number of hydrogen-bond donors (Lipinski definition) is 2. The molecule has 0 aromatic heterocycles. The van der Waals surface area contributed by atoms with Crippen LogP contribution in [0, 0.1) is 0 Å². The SMILES string of the molecule is CCNC(=NCc1ccccc1)NCCS(=O)(=O)c1ccc(Br)cc1.I. The molecule has 2 N–H and O–H groups in total. The number of guanidine groups is 1. The van der Waals surface area contributed by atoms with E-state index in [9.17, 15) is 8.42 Å². The Hall–Kier alpha value is -1.13. The van der Waals surface area contributed by atoms with Crippen molar-refractivity contribution in [2.75, 3.05) is 18.8 Å². The molecule has 0 bridgehead atoms. The Labute approximate surface area is 180 Å². The molecule has 0 amide bonds. The van der Waals surface area contributed by atoms with Crippen LogP contribution >= 0.6 is 39.9 Å². The Kier molecular flexibility index (Phi) is 10.2. The number of nitrogens with one attached hydrogen (secondary N) is 2. The maximum absolute atomic E-state index is 12.3. The second-order valence-corrected chi connectivity index (χ2v) is 8.41. The zero-order chi connectivity index (χ0) is 18.1. The quantitative estimate of drug-likeness (QED) is 0.313. The van der Waals surface area contributed by atoms with Crippen LogP contribution in [0.5, 0.6) is 0 Å². The monoisotopic (exact) mass is 551 g/mol. The van der Waals surface area contributed by atoms with Gasteiger partial charge in [0.25, 0.3) is 0 Å². The Balaban J connectivity index is 0.00000338. The molecule has 0 atom stereocenters. The summed E-state index contributed by atoms with van der Waals surface area (Å²) in [5, 5.41) is 6.20. The third-order valence-electron chi connectivity index (χ3n) is 3.44. The average molecular weight is 552 g/mol. The Morgan fingerprint density at radius 3 is 2.31 bits per heavy atom. The summed E-state index contributed by atoms with van der Waals surface area (Å²) in [6, 6.07) is 16.6. The van der Waals surface area contributed by atoms with Crippen LogP contribution < -0.4 is 10.6 Å². The van der Waals surface area contributed by atoms with Gasteiger partial charge in [0.15, 0.2) is 15.8 Å². The van der Waals surface area contributed by atoms with Gasteiger partial charge in [0.2, 0.25) is 0 Å². The van der Waals surface area contributed by atoms with Gasteiger partial charge in [-0.3, -0.25) is 0 Å². The summed E-state index contributed by atoms with van der Waals surface area (Å²) in [4.78, 5) is 4.80. The number of hydrogen-bond acceptors (Lipinski definition) is 3. The number of rotatable bonds is 7. The zero-order valence-corrected chi connectivity index (χ0v) is 19.2. The summed E-state index contributed by atoms with van der Waals surface area (Å²) in [6.45, 7) is 3.51. The number of nitrogens with zero attached hydrogens (tertiary/aromatic N) is 1. The van der Waals surface area contributed by atoms with Crippen LogP contribution in [-0.2, 0) is 16.4 Å². The van der Waals surface area contributed by atoms with E-state index in [0.717, 1.165) is 10.0 Å². The molecule has 0 aliphatic carbocycles. The molecule has 142 valence electrons. The van der Waals surface area contributed by atoms with Crippen LogP contribution in [0.3, 0.4) is 0 Å². The highest BCUT2D eigenvalue weighted by Gasteiger charge is 2.14. The van der Waals surface area contributed by atoms with Crippen molar-refractivity contribution in [3.63, 3.8) is 0 Å². The molecule has 0 unspecified atom stereocenters. The van der Waals surface area contributed by atoms with Gasteiger partial charge in [-0.15, -0.1) is 24.0 Å². The van der Waals surface area contributed by atoms with Crippen molar-refractivity contribution in [1.29, 1.82) is 0 Å². The lowest BCUT2D eigenvalue weighted by Gasteiger charge is -2.11. The van der Waals surface area contributed by atoms with Crippen LogP contribution in [0.1, 0.15) is 12.5 Å². The minimum Gasteiger partial charge on any atom is -0.357 e. The Morgan fingerprint density at radius 1 is 1.04 bits per heavy atom. The van der Waals surface area contributed by atoms with Crippen LogP contribution in [0.25, 0.3) is 0 Å². The van der Waals surface area contributed by atoms with Crippen molar-refractivity contribution in [2.24, 2.45) is 4.99 Å². The van der Waals surface area contributed by atoms with Crippen molar-refractivity contribution in [2.45, 2.75) is 18.4 Å². The van der Waals surface area contributed by atoms with Gasteiger partial charge in [-0.2, -0.15) is 0 Å². The first-order valence-corrected chi connectivity index (χ1v) is 10.5. The van der Waals surface area contributed by atoms with Crippen molar-refractivity contribution in [3.05, 3.63) is 64.6 Å². The Morgan fingerprint density at radius 2 is 1.69 bits per heavy atom. The second-order valence-electron chi connectivity index (χ2n) is 5.38. The van der Waals surface area contributed by atoms with Crippen molar-refractivity contribution >= 4 is 55.7 Å². The summed E-state index contributed by atoms with van der Waals surface area (Å²) in [5.41, 5.74) is 1.10. The van der Waals surface area contributed by atoms with Gasteiger partial charge in [-0.1, -0.05) is 46.3 Å². The molecule has 8 heteroatoms. The highest BCUT2D eigenvalue weighted by atomic mass is 127. The van der Waals surface area contributed by atoms with E-state index in [-0.39, 0.29) is 29.7 Å². The molecule has 0 radical (unpaired) electrons. The topological polar surface area (TPSA) is 70.6 Å². The van der Waals surface area contributed by atoms with Gasteiger partial charge in [0.05, 0.1) is 17.2 Å². The third-order valence-corrected chi connectivity index (χ3v) is 5.70. The first-order chi connectivity index (χ1) is 12.0. The van der Waals surface area contributed by atoms with Gasteiger partial charge in [0, 0.05) is 17.6 Å². The lowest BCUT2D eigenvalue weighted by atomic mass is 10.2. The molecule has 2 aromatic carbocycles. The molecular formula is C18H23BrIN3O2S. The number of aliphatic imine (C=N–C) groups is 1. The zero-order valence-electron chi connectivity index (χ0n) is 14.5. The van der Waals surface area contributed by atoms with Crippen molar-refractivity contribution < 1.29 is 8.42 Å². The van der Waals surface area contributed by atoms with E-state index < -0.39 is 9.84 Å². The lowest BCUT2D eigenvalue weighted by molar-refractivity contribution is 0.594. The lowest BCUT2D eigenvalue weighted by Crippen LogP contribution is -2.39. The van der Waals surface area contributed by atoms with Gasteiger partial charge in [-0.05, 0) is 36.8 Å². The van der Waals surface area contributed by atoms with Crippen LogP contribution in [-0.4, -0.2) is 33.2 Å². The molecule has 0 heterocycles. The number of halogens is 2. The molecule has 0 saturated carbocycles. The van der Waals surface area contributed by atoms with Crippen LogP contribution in [0.15, 0.2) is 69.0 Å². The molecule has 0 saturated heterocycles. The summed E-state index contributed by atoms with van der Waals surface area (Å²) in [6.07, 6.45) is 0. The van der Waals surface area contributed by atoms with Crippen LogP contribution in [0.4, 0.5) is 0 Å². The minimum absolute atomic E-state index is 0. The smallest absolute Gasteiger partial charge is 0.191 e. The summed E-state index contributed by atoms with van der Waals surface area (Å²) in [7, 11) is -3.32. The fraction of sp³-hybridized carbons (Fsp3) is 0.278. The van der Waals surface area contributed by atoms with Gasteiger partial charge in [-0.25, -0.2) is 13.4 Å². The van der Waals surface area contributed by atoms with E-state index in [4.69, 9.17) is 0 Å². The second kappa shape index (κ2) is 11.6. The standard InChI is InChI=1S/C18H22BrN3O2S.HI/c1-2-20-18(22-14-15-6-4-3-5-7-15)21-12-13-25(23,24)17-10-8-16(19)9-11-17;/h3-11H,2,12-14H2,1H3,(H2,20,21,22);1H. The molecule has 2 aromatic rings. The summed E-state index contributed by atoms with van der Waals surface area (Å²) in [5.74, 6) is 0.613. The maximum atomic E-state index is 12.3. The molecule has 0 spiro atoms. The molecular weight excluding hydrogens is 529 g/mol. The van der Waals surface area contributed by atoms with E-state index in [1.54, 1.807) is 24.3 Å². The van der Waals surface area contributed by atoms with E-state index in [1.165, 1.54) is 0 Å². The van der Waals surface area contributed by atoms with Gasteiger partial charge < -0.3 is 10.6 Å². The normalized spacial score (nSPS) is 11.5. The first-order valence-electron chi connectivity index (χ1n) is 8.05. The van der Waals surface area contributed by atoms with E-state index in [1.807, 2.05) is 37.3 Å². The molecule has 0 aliphatic rings. The van der Waals surface area contributed by atoms with Crippen molar-refractivity contribution in [1.82, 2.24) is 10.6 Å². The molecule has 0 fully saturated rings. The highest BCUT2D eigenvalue weighted by Crippen LogP contribution is 2.15. The van der Waals surface area contributed by atoms with E-state index in [0.29, 0.717) is 30.5 Å². The molecule has 2 rings (SSSR count). The predicted octanol–water partition coefficient (Wildman–Crippen LogP) is 3.60. The molecule has 26 heavy (non-hydrogen) atoms. The molecule has 5 nitrogen and oxygen atoms in total. The predicted molar refractivity (Wildman–Crippen MR) is 121 cm³/mol. The fourth-order valence-corrected chi connectivity index (χ4v) is 3.58. The first kappa shape index (κ1) is 22.9. The largest absolute Gasteiger partial charge is 0.357 e. The number of benzene rings is 2. The van der Waals surface area contributed by atoms with E-state index >= 15 is 0 Å². The minimum atomic E-state index is -3.32. The highest BCUT2D eigenvalue weighted by molar-refractivity contribution is 14.0. The summed E-state index contributed by atoms with van der Waals surface area (Å²) < 4.78 is 25.5. The van der Waals surface area contributed by atoms with E-state index in [2.05, 4.69) is 31.6 Å². The van der Waals surface area contributed by atoms with Crippen molar-refractivity contribution in [3.8, 4) is 0 Å². The van der Waals surface area contributed by atoms with Gasteiger partial charge in [0.1, 0.15) is 0 Å². The molecule has 0 aliphatic heterocycles. The summed E-state index contributed by atoms with van der Waals surface area (Å²) >= 11 is 3.31.